The van der Waals surface area contributed by atoms with Crippen LogP contribution in [0.15, 0.2) is 48.5 Å². The Hall–Kier alpha value is -1.67. The van der Waals surface area contributed by atoms with Crippen LogP contribution >= 0.6 is 11.6 Å². The normalized spacial score (nSPS) is 9.93. The van der Waals surface area contributed by atoms with Gasteiger partial charge in [-0.2, -0.15) is 0 Å². The fourth-order valence-electron chi connectivity index (χ4n) is 1.20. The Kier molecular flexibility index (Phi) is 2.79. The van der Waals surface area contributed by atoms with Crippen molar-refractivity contribution in [3.63, 3.8) is 0 Å². The molecule has 0 saturated carbocycles. The van der Waals surface area contributed by atoms with E-state index in [0.717, 1.165) is 0 Å². The van der Waals surface area contributed by atoms with E-state index in [0.29, 0.717) is 16.5 Å². The number of halogens is 1. The van der Waals surface area contributed by atoms with Crippen molar-refractivity contribution in [2.75, 3.05) is 0 Å². The molecule has 2 nitrogen and oxygen atoms in total. The summed E-state index contributed by atoms with van der Waals surface area (Å²) < 4.78 is 5.46. The summed E-state index contributed by atoms with van der Waals surface area (Å²) in [5.41, 5.74) is 0. The van der Waals surface area contributed by atoms with Crippen LogP contribution in [0.5, 0.6) is 17.2 Å². The molecule has 1 N–H and O–H groups in total. The topological polar surface area (TPSA) is 29.5 Å². The van der Waals surface area contributed by atoms with Crippen LogP contribution in [0.4, 0.5) is 0 Å². The first-order chi connectivity index (χ1) is 7.25. The van der Waals surface area contributed by atoms with Crippen LogP contribution in [0.25, 0.3) is 0 Å². The van der Waals surface area contributed by atoms with Crippen molar-refractivity contribution in [3.05, 3.63) is 53.6 Å². The minimum atomic E-state index is 0.109. The molecule has 76 valence electrons. The van der Waals surface area contributed by atoms with Gasteiger partial charge in [-0.05, 0) is 30.3 Å². The Bertz CT molecular complexity index is 469. The van der Waals surface area contributed by atoms with Crippen LogP contribution in [-0.2, 0) is 0 Å². The smallest absolute Gasteiger partial charge is 0.169 e. The van der Waals surface area contributed by atoms with E-state index in [9.17, 15) is 5.11 Å². The highest BCUT2D eigenvalue weighted by Gasteiger charge is 2.02. The lowest BCUT2D eigenvalue weighted by Crippen LogP contribution is -1.83. The Morgan fingerprint density at radius 1 is 1.00 bits per heavy atom. The number of benzene rings is 2. The van der Waals surface area contributed by atoms with E-state index >= 15 is 0 Å². The molecule has 15 heavy (non-hydrogen) atoms. The summed E-state index contributed by atoms with van der Waals surface area (Å²) in [4.78, 5) is 0. The second kappa shape index (κ2) is 4.24. The molecule has 0 bridgehead atoms. The van der Waals surface area contributed by atoms with Gasteiger partial charge in [0.15, 0.2) is 11.5 Å². The molecule has 2 aromatic carbocycles. The Morgan fingerprint density at radius 2 is 1.80 bits per heavy atom. The third-order valence-corrected chi connectivity index (χ3v) is 2.12. The molecule has 0 heterocycles. The summed E-state index contributed by atoms with van der Waals surface area (Å²) in [5.74, 6) is 1.13. The van der Waals surface area contributed by atoms with Gasteiger partial charge in [0.2, 0.25) is 0 Å². The monoisotopic (exact) mass is 220 g/mol. The third kappa shape index (κ3) is 2.42. The van der Waals surface area contributed by atoms with Gasteiger partial charge in [-0.25, -0.2) is 0 Å². The Morgan fingerprint density at radius 3 is 2.53 bits per heavy atom. The summed E-state index contributed by atoms with van der Waals surface area (Å²) >= 11 is 5.81. The van der Waals surface area contributed by atoms with Gasteiger partial charge in [0, 0.05) is 5.02 Å². The molecular weight excluding hydrogens is 212 g/mol. The van der Waals surface area contributed by atoms with Crippen LogP contribution in [0.2, 0.25) is 5.02 Å². The second-order valence-corrected chi connectivity index (χ2v) is 3.46. The standard InChI is InChI=1S/C12H9ClO2/c13-9-4-3-5-10(8-9)15-12-7-2-1-6-11(12)14/h1-8,14H. The maximum absolute atomic E-state index is 9.48. The summed E-state index contributed by atoms with van der Waals surface area (Å²) in [6.45, 7) is 0. The molecule has 0 amide bonds. The largest absolute Gasteiger partial charge is 0.504 e. The van der Waals surface area contributed by atoms with E-state index in [1.165, 1.54) is 0 Å². The van der Waals surface area contributed by atoms with Crippen LogP contribution in [0.1, 0.15) is 0 Å². The number of phenolic OH excluding ortho intramolecular Hbond substituents is 1. The van der Waals surface area contributed by atoms with Crippen molar-refractivity contribution in [2.45, 2.75) is 0 Å². The first kappa shape index (κ1) is 9.87. The molecular formula is C12H9ClO2. The highest BCUT2D eigenvalue weighted by molar-refractivity contribution is 6.30. The van der Waals surface area contributed by atoms with E-state index in [4.69, 9.17) is 16.3 Å². The predicted octanol–water partition coefficient (Wildman–Crippen LogP) is 3.84. The van der Waals surface area contributed by atoms with Gasteiger partial charge in [0.05, 0.1) is 0 Å². The molecule has 0 fully saturated rings. The van der Waals surface area contributed by atoms with E-state index in [-0.39, 0.29) is 5.75 Å². The minimum absolute atomic E-state index is 0.109. The molecule has 0 saturated heterocycles. The molecule has 0 unspecified atom stereocenters. The van der Waals surface area contributed by atoms with Gasteiger partial charge >= 0.3 is 0 Å². The molecule has 0 aliphatic heterocycles. The van der Waals surface area contributed by atoms with Crippen molar-refractivity contribution >= 4 is 11.6 Å². The van der Waals surface area contributed by atoms with Gasteiger partial charge < -0.3 is 9.84 Å². The highest BCUT2D eigenvalue weighted by Crippen LogP contribution is 2.30. The molecule has 3 heteroatoms. The first-order valence-electron chi connectivity index (χ1n) is 4.47. The summed E-state index contributed by atoms with van der Waals surface area (Å²) in [5, 5.41) is 10.1. The van der Waals surface area contributed by atoms with Crippen molar-refractivity contribution in [1.29, 1.82) is 0 Å². The lowest BCUT2D eigenvalue weighted by atomic mass is 10.3. The SMILES string of the molecule is Oc1ccccc1Oc1cccc(Cl)c1. The highest BCUT2D eigenvalue weighted by atomic mass is 35.5. The molecule has 0 aliphatic carbocycles. The summed E-state index contributed by atoms with van der Waals surface area (Å²) in [7, 11) is 0. The fraction of sp³-hybridized carbons (Fsp3) is 0. The van der Waals surface area contributed by atoms with Crippen LogP contribution in [-0.4, -0.2) is 5.11 Å². The molecule has 0 spiro atoms. The van der Waals surface area contributed by atoms with E-state index < -0.39 is 0 Å². The molecule has 2 rings (SSSR count). The number of hydrogen-bond acceptors (Lipinski definition) is 2. The van der Waals surface area contributed by atoms with E-state index in [2.05, 4.69) is 0 Å². The fourth-order valence-corrected chi connectivity index (χ4v) is 1.38. The third-order valence-electron chi connectivity index (χ3n) is 1.89. The van der Waals surface area contributed by atoms with Crippen molar-refractivity contribution in [2.24, 2.45) is 0 Å². The Balaban J connectivity index is 2.26. The zero-order valence-electron chi connectivity index (χ0n) is 7.85. The average molecular weight is 221 g/mol. The lowest BCUT2D eigenvalue weighted by Gasteiger charge is -2.06. The summed E-state index contributed by atoms with van der Waals surface area (Å²) in [6.07, 6.45) is 0. The number of hydrogen-bond donors (Lipinski definition) is 1. The molecule has 0 radical (unpaired) electrons. The molecule has 0 atom stereocenters. The second-order valence-electron chi connectivity index (χ2n) is 3.03. The number of rotatable bonds is 2. The lowest BCUT2D eigenvalue weighted by molar-refractivity contribution is 0.411. The number of ether oxygens (including phenoxy) is 1. The Labute approximate surface area is 92.7 Å². The number of aromatic hydroxyl groups is 1. The van der Waals surface area contributed by atoms with Crippen LogP contribution in [0, 0.1) is 0 Å². The van der Waals surface area contributed by atoms with Gasteiger partial charge in [-0.15, -0.1) is 0 Å². The van der Waals surface area contributed by atoms with Gasteiger partial charge in [-0.3, -0.25) is 0 Å². The zero-order chi connectivity index (χ0) is 10.7. The molecule has 0 aliphatic rings. The maximum atomic E-state index is 9.48. The van der Waals surface area contributed by atoms with Crippen molar-refractivity contribution in [3.8, 4) is 17.2 Å². The van der Waals surface area contributed by atoms with Crippen LogP contribution < -0.4 is 4.74 Å². The van der Waals surface area contributed by atoms with Crippen molar-refractivity contribution < 1.29 is 9.84 Å². The minimum Gasteiger partial charge on any atom is -0.504 e. The first-order valence-corrected chi connectivity index (χ1v) is 4.85. The van der Waals surface area contributed by atoms with E-state index in [1.54, 1.807) is 48.5 Å². The van der Waals surface area contributed by atoms with E-state index in [1.807, 2.05) is 0 Å². The summed E-state index contributed by atoms with van der Waals surface area (Å²) in [6, 6.07) is 13.8. The quantitative estimate of drug-likeness (QED) is 0.833. The zero-order valence-corrected chi connectivity index (χ0v) is 8.61. The molecule has 2 aromatic rings. The number of para-hydroxylation sites is 2. The predicted molar refractivity (Wildman–Crippen MR) is 59.6 cm³/mol. The van der Waals surface area contributed by atoms with Crippen molar-refractivity contribution in [1.82, 2.24) is 0 Å². The maximum Gasteiger partial charge on any atom is 0.169 e. The van der Waals surface area contributed by atoms with Crippen LogP contribution in [0.3, 0.4) is 0 Å². The van der Waals surface area contributed by atoms with Gasteiger partial charge in [0.1, 0.15) is 5.75 Å². The van der Waals surface area contributed by atoms with Gasteiger partial charge in [0.25, 0.3) is 0 Å². The number of phenols is 1. The average Bonchev–Trinajstić information content (AvgIpc) is 2.22. The van der Waals surface area contributed by atoms with Gasteiger partial charge in [-0.1, -0.05) is 29.8 Å². The molecule has 0 aromatic heterocycles.